The van der Waals surface area contributed by atoms with E-state index in [2.05, 4.69) is 17.2 Å². The smallest absolute Gasteiger partial charge is 0.253 e. The fourth-order valence-electron chi connectivity index (χ4n) is 1.33. The molecule has 1 atom stereocenters. The van der Waals surface area contributed by atoms with Gasteiger partial charge in [0, 0.05) is 12.7 Å². The average molecular weight is 274 g/mol. The number of thioether (sulfide) groups is 1. The number of hydrogen-bond acceptors (Lipinski definition) is 4. The van der Waals surface area contributed by atoms with Gasteiger partial charge in [0.25, 0.3) is 5.91 Å². The van der Waals surface area contributed by atoms with Gasteiger partial charge in [-0.25, -0.2) is 4.98 Å². The lowest BCUT2D eigenvalue weighted by atomic mass is 10.2. The zero-order valence-electron chi connectivity index (χ0n) is 9.87. The third-order valence-electron chi connectivity index (χ3n) is 2.18. The number of nitrogens with zero attached hydrogens (tertiary/aromatic N) is 1. The highest BCUT2D eigenvalue weighted by Crippen LogP contribution is 2.16. The summed E-state index contributed by atoms with van der Waals surface area (Å²) in [5.74, 6) is 1.51. The Labute approximate surface area is 110 Å². The third-order valence-corrected chi connectivity index (χ3v) is 3.39. The predicted octanol–water partition coefficient (Wildman–Crippen LogP) is 2.05. The fraction of sp³-hybridized carbons (Fsp3) is 0.455. The molecule has 0 bridgehead atoms. The first-order chi connectivity index (χ1) is 8.04. The summed E-state index contributed by atoms with van der Waals surface area (Å²) < 4.78 is 0. The number of hydrogen-bond donors (Lipinski definition) is 2. The fourth-order valence-corrected chi connectivity index (χ4v) is 2.21. The van der Waals surface area contributed by atoms with E-state index in [-0.39, 0.29) is 11.7 Å². The van der Waals surface area contributed by atoms with Crippen LogP contribution in [0, 0.1) is 5.92 Å². The van der Waals surface area contributed by atoms with Gasteiger partial charge >= 0.3 is 0 Å². The van der Waals surface area contributed by atoms with Crippen molar-refractivity contribution >= 4 is 35.1 Å². The molecule has 0 spiro atoms. The molecule has 3 N–H and O–H groups in total. The zero-order chi connectivity index (χ0) is 12.8. The second kappa shape index (κ2) is 6.71. The minimum atomic E-state index is -0.211. The van der Waals surface area contributed by atoms with Gasteiger partial charge in [0.2, 0.25) is 0 Å². The topological polar surface area (TPSA) is 68.0 Å². The minimum absolute atomic E-state index is 0.211. The first-order valence-corrected chi connectivity index (χ1v) is 7.00. The Morgan fingerprint density at radius 1 is 1.71 bits per heavy atom. The molecular weight excluding hydrogens is 258 g/mol. The van der Waals surface area contributed by atoms with Crippen LogP contribution in [0.2, 0.25) is 5.02 Å². The molecule has 0 aliphatic carbocycles. The van der Waals surface area contributed by atoms with Gasteiger partial charge < -0.3 is 11.1 Å². The second-order valence-corrected chi connectivity index (χ2v) is 5.18. The summed E-state index contributed by atoms with van der Waals surface area (Å²) in [6.45, 7) is 2.71. The van der Waals surface area contributed by atoms with E-state index in [1.807, 2.05) is 6.26 Å². The summed E-state index contributed by atoms with van der Waals surface area (Å²) in [4.78, 5) is 15.6. The van der Waals surface area contributed by atoms with E-state index >= 15 is 0 Å². The van der Waals surface area contributed by atoms with E-state index in [1.54, 1.807) is 11.8 Å². The Morgan fingerprint density at radius 3 is 3.06 bits per heavy atom. The van der Waals surface area contributed by atoms with Crippen LogP contribution in [-0.4, -0.2) is 29.4 Å². The first-order valence-electron chi connectivity index (χ1n) is 5.22. The normalized spacial score (nSPS) is 12.2. The Bertz CT molecular complexity index is 400. The SMILES string of the molecule is CSCC(C)CNC(=O)c1cc(N)ncc1Cl. The number of nitrogens with two attached hydrogens (primary N) is 1. The third kappa shape index (κ3) is 4.44. The van der Waals surface area contributed by atoms with Gasteiger partial charge in [-0.15, -0.1) is 0 Å². The van der Waals surface area contributed by atoms with Crippen molar-refractivity contribution < 1.29 is 4.79 Å². The predicted molar refractivity (Wildman–Crippen MR) is 73.5 cm³/mol. The summed E-state index contributed by atoms with van der Waals surface area (Å²) in [6, 6.07) is 1.48. The van der Waals surface area contributed by atoms with Crippen LogP contribution >= 0.6 is 23.4 Å². The largest absolute Gasteiger partial charge is 0.384 e. The molecule has 1 rings (SSSR count). The quantitative estimate of drug-likeness (QED) is 0.862. The number of rotatable bonds is 5. The molecule has 0 fully saturated rings. The number of anilines is 1. The molecule has 1 unspecified atom stereocenters. The summed E-state index contributed by atoms with van der Waals surface area (Å²) in [7, 11) is 0. The van der Waals surface area contributed by atoms with Crippen LogP contribution < -0.4 is 11.1 Å². The van der Waals surface area contributed by atoms with Gasteiger partial charge in [-0.05, 0) is 24.0 Å². The van der Waals surface area contributed by atoms with Crippen molar-refractivity contribution in [1.29, 1.82) is 0 Å². The van der Waals surface area contributed by atoms with Crippen molar-refractivity contribution in [2.45, 2.75) is 6.92 Å². The van der Waals surface area contributed by atoms with Crippen molar-refractivity contribution in [1.82, 2.24) is 10.3 Å². The summed E-state index contributed by atoms with van der Waals surface area (Å²) >= 11 is 7.64. The van der Waals surface area contributed by atoms with Gasteiger partial charge in [0.1, 0.15) is 5.82 Å². The molecule has 1 amide bonds. The summed E-state index contributed by atoms with van der Waals surface area (Å²) in [5.41, 5.74) is 5.89. The molecule has 4 nitrogen and oxygen atoms in total. The minimum Gasteiger partial charge on any atom is -0.384 e. The number of aromatic nitrogens is 1. The van der Waals surface area contributed by atoms with Crippen LogP contribution in [0.3, 0.4) is 0 Å². The monoisotopic (exact) mass is 273 g/mol. The van der Waals surface area contributed by atoms with Crippen molar-refractivity contribution in [3.05, 3.63) is 22.8 Å². The Morgan fingerprint density at radius 2 is 2.41 bits per heavy atom. The lowest BCUT2D eigenvalue weighted by molar-refractivity contribution is 0.0949. The molecule has 0 aromatic carbocycles. The highest BCUT2D eigenvalue weighted by atomic mass is 35.5. The Balaban J connectivity index is 2.61. The molecular formula is C11H16ClN3OS. The number of amides is 1. The van der Waals surface area contributed by atoms with Crippen LogP contribution in [0.15, 0.2) is 12.3 Å². The number of carbonyl (C=O) groups is 1. The molecule has 1 heterocycles. The van der Waals surface area contributed by atoms with E-state index in [9.17, 15) is 4.79 Å². The van der Waals surface area contributed by atoms with Crippen LogP contribution in [-0.2, 0) is 0 Å². The number of nitrogens with one attached hydrogen (secondary N) is 1. The lowest BCUT2D eigenvalue weighted by Crippen LogP contribution is -2.29. The molecule has 94 valence electrons. The molecule has 0 aliphatic rings. The van der Waals surface area contributed by atoms with Crippen molar-refractivity contribution in [3.8, 4) is 0 Å². The molecule has 0 aliphatic heterocycles. The molecule has 0 radical (unpaired) electrons. The van der Waals surface area contributed by atoms with E-state index in [0.717, 1.165) is 5.75 Å². The average Bonchev–Trinajstić information content (AvgIpc) is 2.29. The van der Waals surface area contributed by atoms with E-state index in [4.69, 9.17) is 17.3 Å². The van der Waals surface area contributed by atoms with E-state index < -0.39 is 0 Å². The van der Waals surface area contributed by atoms with Gasteiger partial charge in [-0.1, -0.05) is 18.5 Å². The lowest BCUT2D eigenvalue weighted by Gasteiger charge is -2.11. The highest BCUT2D eigenvalue weighted by molar-refractivity contribution is 7.98. The van der Waals surface area contributed by atoms with Crippen LogP contribution in [0.4, 0.5) is 5.82 Å². The Hall–Kier alpha value is -0.940. The van der Waals surface area contributed by atoms with E-state index in [0.29, 0.717) is 23.0 Å². The van der Waals surface area contributed by atoms with Gasteiger partial charge in [-0.2, -0.15) is 11.8 Å². The molecule has 0 saturated heterocycles. The maximum atomic E-state index is 11.8. The van der Waals surface area contributed by atoms with Crippen LogP contribution in [0.1, 0.15) is 17.3 Å². The number of nitrogen functional groups attached to an aromatic ring is 1. The van der Waals surface area contributed by atoms with Crippen LogP contribution in [0.25, 0.3) is 0 Å². The molecule has 6 heteroatoms. The van der Waals surface area contributed by atoms with Gasteiger partial charge in [-0.3, -0.25) is 4.79 Å². The molecule has 17 heavy (non-hydrogen) atoms. The standard InChI is InChI=1S/C11H16ClN3OS/c1-7(6-17-2)4-15-11(16)8-3-10(13)14-5-9(8)12/h3,5,7H,4,6H2,1-2H3,(H2,13,14)(H,15,16). The molecule has 1 aromatic heterocycles. The molecule has 0 saturated carbocycles. The maximum Gasteiger partial charge on any atom is 0.253 e. The molecule has 1 aromatic rings. The highest BCUT2D eigenvalue weighted by Gasteiger charge is 2.12. The van der Waals surface area contributed by atoms with E-state index in [1.165, 1.54) is 12.3 Å². The van der Waals surface area contributed by atoms with Crippen molar-refractivity contribution in [3.63, 3.8) is 0 Å². The summed E-state index contributed by atoms with van der Waals surface area (Å²) in [6.07, 6.45) is 3.43. The number of carbonyl (C=O) groups excluding carboxylic acids is 1. The maximum absolute atomic E-state index is 11.8. The Kier molecular flexibility index (Phi) is 5.58. The summed E-state index contributed by atoms with van der Waals surface area (Å²) in [5, 5.41) is 3.15. The second-order valence-electron chi connectivity index (χ2n) is 3.86. The zero-order valence-corrected chi connectivity index (χ0v) is 11.4. The number of halogens is 1. The first kappa shape index (κ1) is 14.1. The van der Waals surface area contributed by atoms with Crippen molar-refractivity contribution in [2.75, 3.05) is 24.3 Å². The van der Waals surface area contributed by atoms with Crippen molar-refractivity contribution in [2.24, 2.45) is 5.92 Å². The van der Waals surface area contributed by atoms with Gasteiger partial charge in [0.15, 0.2) is 0 Å². The van der Waals surface area contributed by atoms with Gasteiger partial charge in [0.05, 0.1) is 10.6 Å². The number of pyridine rings is 1. The van der Waals surface area contributed by atoms with Crippen LogP contribution in [0.5, 0.6) is 0 Å².